The average Bonchev–Trinajstić information content (AvgIpc) is 2.37. The van der Waals surface area contributed by atoms with E-state index in [1.807, 2.05) is 19.1 Å². The number of ether oxygens (including phenoxy) is 1. The summed E-state index contributed by atoms with van der Waals surface area (Å²) in [7, 11) is 1.59. The van der Waals surface area contributed by atoms with Crippen molar-refractivity contribution in [2.75, 3.05) is 12.8 Å². The monoisotopic (exact) mass is 308 g/mol. The van der Waals surface area contributed by atoms with Crippen molar-refractivity contribution in [3.63, 3.8) is 0 Å². The number of methoxy groups -OCH3 is 1. The van der Waals surface area contributed by atoms with E-state index in [0.29, 0.717) is 23.9 Å². The van der Waals surface area contributed by atoms with E-state index in [1.165, 1.54) is 0 Å². The van der Waals surface area contributed by atoms with Gasteiger partial charge in [-0.1, -0.05) is 6.07 Å². The van der Waals surface area contributed by atoms with Crippen LogP contribution >= 0.6 is 15.9 Å². The Morgan fingerprint density at radius 3 is 2.67 bits per heavy atom. The van der Waals surface area contributed by atoms with Crippen LogP contribution < -0.4 is 10.5 Å². The minimum absolute atomic E-state index is 0.457. The average molecular weight is 309 g/mol. The second kappa shape index (κ2) is 5.30. The van der Waals surface area contributed by atoms with Crippen LogP contribution in [-0.2, 0) is 6.42 Å². The molecule has 2 aromatic heterocycles. The maximum Gasteiger partial charge on any atom is 0.212 e. The van der Waals surface area contributed by atoms with E-state index < -0.39 is 0 Å². The van der Waals surface area contributed by atoms with Gasteiger partial charge in [-0.15, -0.1) is 0 Å². The van der Waals surface area contributed by atoms with Crippen molar-refractivity contribution >= 4 is 21.7 Å². The van der Waals surface area contributed by atoms with Crippen LogP contribution in [-0.4, -0.2) is 22.1 Å². The first-order valence-corrected chi connectivity index (χ1v) is 6.17. The zero-order valence-electron chi connectivity index (χ0n) is 10.1. The van der Waals surface area contributed by atoms with Gasteiger partial charge in [0, 0.05) is 18.7 Å². The van der Waals surface area contributed by atoms with Crippen LogP contribution in [0.4, 0.5) is 5.82 Å². The highest BCUT2D eigenvalue weighted by Crippen LogP contribution is 2.20. The number of halogens is 1. The molecule has 2 N–H and O–H groups in total. The van der Waals surface area contributed by atoms with E-state index in [9.17, 15) is 0 Å². The summed E-state index contributed by atoms with van der Waals surface area (Å²) in [4.78, 5) is 12.7. The van der Waals surface area contributed by atoms with E-state index in [-0.39, 0.29) is 0 Å². The van der Waals surface area contributed by atoms with Gasteiger partial charge in [-0.25, -0.2) is 15.0 Å². The van der Waals surface area contributed by atoms with Crippen LogP contribution in [0, 0.1) is 6.92 Å². The molecule has 0 atom stereocenters. The smallest absolute Gasteiger partial charge is 0.212 e. The Morgan fingerprint density at radius 2 is 2.11 bits per heavy atom. The highest BCUT2D eigenvalue weighted by molar-refractivity contribution is 9.10. The summed E-state index contributed by atoms with van der Waals surface area (Å²) in [6, 6.07) is 3.74. The SMILES string of the molecule is COc1ccc(Cc2nc(C)c(Br)c(N)n2)cn1. The second-order valence-corrected chi connectivity index (χ2v) is 4.60. The summed E-state index contributed by atoms with van der Waals surface area (Å²) in [6.07, 6.45) is 2.34. The van der Waals surface area contributed by atoms with Gasteiger partial charge in [0.25, 0.3) is 0 Å². The number of rotatable bonds is 3. The fourth-order valence-corrected chi connectivity index (χ4v) is 1.72. The molecule has 5 nitrogen and oxygen atoms in total. The molecular weight excluding hydrogens is 296 g/mol. The number of nitrogens with zero attached hydrogens (tertiary/aromatic N) is 3. The number of nitrogen functional groups attached to an aromatic ring is 1. The van der Waals surface area contributed by atoms with Gasteiger partial charge in [-0.3, -0.25) is 0 Å². The summed E-state index contributed by atoms with van der Waals surface area (Å²) >= 11 is 3.34. The Hall–Kier alpha value is -1.69. The van der Waals surface area contributed by atoms with Gasteiger partial charge in [-0.2, -0.15) is 0 Å². The third-order valence-electron chi connectivity index (χ3n) is 2.46. The van der Waals surface area contributed by atoms with Crippen molar-refractivity contribution in [1.29, 1.82) is 0 Å². The van der Waals surface area contributed by atoms with Gasteiger partial charge in [0.15, 0.2) is 0 Å². The Balaban J connectivity index is 2.23. The lowest BCUT2D eigenvalue weighted by Gasteiger charge is -2.06. The van der Waals surface area contributed by atoms with Crippen molar-refractivity contribution in [2.24, 2.45) is 0 Å². The summed E-state index contributed by atoms with van der Waals surface area (Å²) in [6.45, 7) is 1.89. The molecule has 0 amide bonds. The molecule has 0 aliphatic heterocycles. The fourth-order valence-electron chi connectivity index (χ4n) is 1.54. The minimum Gasteiger partial charge on any atom is -0.481 e. The molecule has 0 aliphatic carbocycles. The molecule has 0 radical (unpaired) electrons. The predicted octanol–water partition coefficient (Wildman–Crippen LogP) is 2.12. The Bertz CT molecular complexity index is 533. The number of nitrogens with two attached hydrogens (primary N) is 1. The molecule has 0 saturated carbocycles. The Labute approximate surface area is 114 Å². The summed E-state index contributed by atoms with van der Waals surface area (Å²) in [5, 5.41) is 0. The van der Waals surface area contributed by atoms with Gasteiger partial charge in [0.2, 0.25) is 5.88 Å². The molecule has 0 unspecified atom stereocenters. The van der Waals surface area contributed by atoms with Gasteiger partial charge in [0.1, 0.15) is 11.6 Å². The standard InChI is InChI=1S/C12H13BrN4O/c1-7-11(13)12(14)17-9(16-7)5-8-3-4-10(18-2)15-6-8/h3-4,6H,5H2,1-2H3,(H2,14,16,17). The molecule has 0 aliphatic rings. The summed E-state index contributed by atoms with van der Waals surface area (Å²) < 4.78 is 5.75. The molecule has 2 rings (SSSR count). The van der Waals surface area contributed by atoms with Crippen LogP contribution in [0.1, 0.15) is 17.1 Å². The normalized spacial score (nSPS) is 10.4. The van der Waals surface area contributed by atoms with Crippen LogP contribution in [0.2, 0.25) is 0 Å². The van der Waals surface area contributed by atoms with E-state index in [4.69, 9.17) is 10.5 Å². The first kappa shape index (κ1) is 12.8. The summed E-state index contributed by atoms with van der Waals surface area (Å²) in [5.74, 6) is 1.73. The fraction of sp³-hybridized carbons (Fsp3) is 0.250. The van der Waals surface area contributed by atoms with Crippen molar-refractivity contribution in [1.82, 2.24) is 15.0 Å². The third kappa shape index (κ3) is 2.76. The number of aryl methyl sites for hydroxylation is 1. The maximum atomic E-state index is 5.79. The number of hydrogen-bond acceptors (Lipinski definition) is 5. The highest BCUT2D eigenvalue weighted by Gasteiger charge is 2.07. The third-order valence-corrected chi connectivity index (χ3v) is 3.44. The molecule has 0 saturated heterocycles. The maximum absolute atomic E-state index is 5.79. The molecule has 2 aromatic rings. The molecule has 94 valence electrons. The molecule has 0 spiro atoms. The van der Waals surface area contributed by atoms with Crippen LogP contribution in [0.25, 0.3) is 0 Å². The number of hydrogen-bond donors (Lipinski definition) is 1. The van der Waals surface area contributed by atoms with Crippen molar-refractivity contribution in [3.05, 3.63) is 39.9 Å². The van der Waals surface area contributed by atoms with Gasteiger partial charge < -0.3 is 10.5 Å². The molecule has 18 heavy (non-hydrogen) atoms. The van der Waals surface area contributed by atoms with Gasteiger partial charge >= 0.3 is 0 Å². The van der Waals surface area contributed by atoms with Gasteiger partial charge in [0.05, 0.1) is 17.3 Å². The first-order valence-electron chi connectivity index (χ1n) is 5.37. The number of pyridine rings is 1. The van der Waals surface area contributed by atoms with Crippen LogP contribution in [0.5, 0.6) is 5.88 Å². The van der Waals surface area contributed by atoms with E-state index in [0.717, 1.165) is 15.7 Å². The predicted molar refractivity (Wildman–Crippen MR) is 72.5 cm³/mol. The number of aromatic nitrogens is 3. The lowest BCUT2D eigenvalue weighted by atomic mass is 10.2. The van der Waals surface area contributed by atoms with Crippen LogP contribution in [0.15, 0.2) is 22.8 Å². The van der Waals surface area contributed by atoms with E-state index in [1.54, 1.807) is 13.3 Å². The topological polar surface area (TPSA) is 73.9 Å². The van der Waals surface area contributed by atoms with Gasteiger partial charge in [-0.05, 0) is 28.4 Å². The van der Waals surface area contributed by atoms with E-state index >= 15 is 0 Å². The zero-order valence-corrected chi connectivity index (χ0v) is 11.7. The van der Waals surface area contributed by atoms with Crippen molar-refractivity contribution in [3.8, 4) is 5.88 Å². The minimum atomic E-state index is 0.457. The van der Waals surface area contributed by atoms with Crippen molar-refractivity contribution < 1.29 is 4.74 Å². The lowest BCUT2D eigenvalue weighted by molar-refractivity contribution is 0.397. The quantitative estimate of drug-likeness (QED) is 0.940. The lowest BCUT2D eigenvalue weighted by Crippen LogP contribution is -2.04. The first-order chi connectivity index (χ1) is 8.60. The van der Waals surface area contributed by atoms with Crippen LogP contribution in [0.3, 0.4) is 0 Å². The Kier molecular flexibility index (Phi) is 3.76. The molecule has 0 bridgehead atoms. The molecule has 2 heterocycles. The van der Waals surface area contributed by atoms with Crippen molar-refractivity contribution in [2.45, 2.75) is 13.3 Å². The molecule has 0 aromatic carbocycles. The summed E-state index contributed by atoms with van der Waals surface area (Å²) in [5.41, 5.74) is 7.63. The molecule has 6 heteroatoms. The molecule has 0 fully saturated rings. The van der Waals surface area contributed by atoms with E-state index in [2.05, 4.69) is 30.9 Å². The zero-order chi connectivity index (χ0) is 13.1. The number of anilines is 1. The second-order valence-electron chi connectivity index (χ2n) is 3.81. The molecular formula is C12H13BrN4O. The largest absolute Gasteiger partial charge is 0.481 e. The highest BCUT2D eigenvalue weighted by atomic mass is 79.9. The Morgan fingerprint density at radius 1 is 1.33 bits per heavy atom.